The van der Waals surface area contributed by atoms with Crippen molar-refractivity contribution in [1.29, 1.82) is 0 Å². The standard InChI is InChI=1S/C40H26/c1-2-13-28(14-3-1)39-35-16-6-8-18-37(35)40(38-19-9-7-17-36(38)39)34-23-11-21-32-31(20-10-22-33(32)34)30-25-24-27-12-4-5-15-29(27)26-30/h1-26H/i1D,2D,3D,4D,5D,6D,8D,12D,13D,14D,15D,16D,18D,24D,25D,26D. The van der Waals surface area contributed by atoms with Gasteiger partial charge in [0.1, 0.15) is 0 Å². The normalized spacial score (nSPS) is 17.1. The molecule has 0 N–H and O–H groups in total. The molecule has 0 atom stereocenters. The highest BCUT2D eigenvalue weighted by atomic mass is 14.2. The molecule has 186 valence electrons. The highest BCUT2D eigenvalue weighted by Gasteiger charge is 2.18. The Morgan fingerprint density at radius 1 is 0.350 bits per heavy atom. The highest BCUT2D eigenvalue weighted by molar-refractivity contribution is 6.24. The van der Waals surface area contributed by atoms with Gasteiger partial charge in [0.05, 0.1) is 21.9 Å². The first-order valence-corrected chi connectivity index (χ1v) is 12.6. The van der Waals surface area contributed by atoms with Gasteiger partial charge in [-0.3, -0.25) is 0 Å². The molecule has 0 aliphatic carbocycles. The summed E-state index contributed by atoms with van der Waals surface area (Å²) < 4.78 is 139. The predicted molar refractivity (Wildman–Crippen MR) is 173 cm³/mol. The minimum Gasteiger partial charge on any atom is -0.0622 e. The second-order valence-electron chi connectivity index (χ2n) is 9.25. The Labute approximate surface area is 256 Å². The Kier molecular flexibility index (Phi) is 2.74. The molecule has 0 unspecified atom stereocenters. The third-order valence-corrected chi connectivity index (χ3v) is 7.11. The summed E-state index contributed by atoms with van der Waals surface area (Å²) >= 11 is 0. The molecule has 40 heavy (non-hydrogen) atoms. The van der Waals surface area contributed by atoms with Crippen LogP contribution in [0.5, 0.6) is 0 Å². The SMILES string of the molecule is [2H]c1c([2H])c([2H])c(-c2c3ccccc3c(-c3cccc4c(-c5c([2H])c([2H])c6c([2H])c([2H])c([2H])c([2H])c6c5[2H])cccc34)c3c([2H])c([2H])c([2H])c([2H])c23)c([2H])c1[2H]. The third kappa shape index (κ3) is 3.54. The largest absolute Gasteiger partial charge is 0.0636 e. The number of hydrogen-bond donors (Lipinski definition) is 0. The van der Waals surface area contributed by atoms with Crippen LogP contribution in [0.1, 0.15) is 21.9 Å². The number of fused-ring (bicyclic) bond motifs is 4. The Morgan fingerprint density at radius 3 is 1.70 bits per heavy atom. The van der Waals surface area contributed by atoms with Gasteiger partial charge in [0.2, 0.25) is 0 Å². The van der Waals surface area contributed by atoms with E-state index in [0.717, 1.165) is 0 Å². The zero-order valence-electron chi connectivity index (χ0n) is 36.8. The van der Waals surface area contributed by atoms with E-state index in [4.69, 9.17) is 17.8 Å². The number of benzene rings is 8. The molecule has 8 aromatic rings. The van der Waals surface area contributed by atoms with Crippen molar-refractivity contribution in [2.24, 2.45) is 0 Å². The molecule has 8 aromatic carbocycles. The summed E-state index contributed by atoms with van der Waals surface area (Å²) in [6.07, 6.45) is 0. The molecule has 0 aliphatic heterocycles. The summed E-state index contributed by atoms with van der Waals surface area (Å²) in [6, 6.07) is 8.66. The number of hydrogen-bond acceptors (Lipinski definition) is 0. The summed E-state index contributed by atoms with van der Waals surface area (Å²) in [4.78, 5) is 0. The van der Waals surface area contributed by atoms with Crippen molar-refractivity contribution < 1.29 is 21.9 Å². The molecule has 0 aliphatic rings. The van der Waals surface area contributed by atoms with Gasteiger partial charge in [-0.05, 0) is 82.5 Å². The van der Waals surface area contributed by atoms with Gasteiger partial charge in [-0.15, -0.1) is 0 Å². The monoisotopic (exact) mass is 522 g/mol. The van der Waals surface area contributed by atoms with E-state index in [-0.39, 0.29) is 44.3 Å². The van der Waals surface area contributed by atoms with E-state index >= 15 is 0 Å². The maximum atomic E-state index is 9.27. The molecular weight excluding hydrogens is 480 g/mol. The van der Waals surface area contributed by atoms with Crippen molar-refractivity contribution in [2.45, 2.75) is 0 Å². The van der Waals surface area contributed by atoms with E-state index in [0.29, 0.717) is 38.2 Å². The first-order chi connectivity index (χ1) is 26.5. The average Bonchev–Trinajstić information content (AvgIpc) is 3.19. The van der Waals surface area contributed by atoms with Gasteiger partial charge in [-0.2, -0.15) is 0 Å². The molecule has 0 fully saturated rings. The minimum atomic E-state index is -0.613. The van der Waals surface area contributed by atoms with Gasteiger partial charge in [0.25, 0.3) is 0 Å². The van der Waals surface area contributed by atoms with Crippen molar-refractivity contribution in [3.8, 4) is 33.4 Å². The van der Waals surface area contributed by atoms with Gasteiger partial charge < -0.3 is 0 Å². The second kappa shape index (κ2) is 9.22. The summed E-state index contributed by atoms with van der Waals surface area (Å²) in [5.74, 6) is 0. The molecule has 0 heteroatoms. The second-order valence-corrected chi connectivity index (χ2v) is 9.25. The lowest BCUT2D eigenvalue weighted by Gasteiger charge is -2.19. The summed E-state index contributed by atoms with van der Waals surface area (Å²) in [5.41, 5.74) is 0.922. The van der Waals surface area contributed by atoms with E-state index in [9.17, 15) is 4.11 Å². The average molecular weight is 523 g/mol. The van der Waals surface area contributed by atoms with E-state index < -0.39 is 90.6 Å². The van der Waals surface area contributed by atoms with Gasteiger partial charge in [-0.1, -0.05) is 151 Å². The van der Waals surface area contributed by atoms with Gasteiger partial charge >= 0.3 is 0 Å². The Hall–Kier alpha value is -5.20. The van der Waals surface area contributed by atoms with Crippen LogP contribution in [0.2, 0.25) is 0 Å². The fraction of sp³-hybridized carbons (Fsp3) is 0. The zero-order valence-corrected chi connectivity index (χ0v) is 20.8. The van der Waals surface area contributed by atoms with Crippen molar-refractivity contribution in [3.05, 3.63) is 157 Å². The van der Waals surface area contributed by atoms with Crippen LogP contribution in [0, 0.1) is 0 Å². The molecule has 0 spiro atoms. The zero-order chi connectivity index (χ0) is 40.4. The van der Waals surface area contributed by atoms with Crippen molar-refractivity contribution in [1.82, 2.24) is 0 Å². The summed E-state index contributed by atoms with van der Waals surface area (Å²) in [5, 5.41) is 1.34. The van der Waals surface area contributed by atoms with Crippen molar-refractivity contribution in [2.75, 3.05) is 0 Å². The van der Waals surface area contributed by atoms with E-state index in [1.165, 1.54) is 0 Å². The molecule has 0 saturated carbocycles. The fourth-order valence-electron chi connectivity index (χ4n) is 5.45. The van der Waals surface area contributed by atoms with Gasteiger partial charge in [0.15, 0.2) is 0 Å². The predicted octanol–water partition coefficient (Wildman–Crippen LogP) is 11.3. The maximum absolute atomic E-state index is 9.27. The van der Waals surface area contributed by atoms with Crippen LogP contribution in [0.4, 0.5) is 0 Å². The quantitative estimate of drug-likeness (QED) is 0.202. The molecule has 0 saturated heterocycles. The third-order valence-electron chi connectivity index (χ3n) is 7.11. The highest BCUT2D eigenvalue weighted by Crippen LogP contribution is 2.46. The lowest BCUT2D eigenvalue weighted by molar-refractivity contribution is 1.65. The van der Waals surface area contributed by atoms with Crippen LogP contribution >= 0.6 is 0 Å². The number of rotatable bonds is 3. The Morgan fingerprint density at radius 2 is 0.925 bits per heavy atom. The first kappa shape index (κ1) is 11.9. The van der Waals surface area contributed by atoms with Crippen LogP contribution in [-0.2, 0) is 0 Å². The fourth-order valence-corrected chi connectivity index (χ4v) is 5.45. The molecule has 0 bridgehead atoms. The van der Waals surface area contributed by atoms with Gasteiger partial charge in [-0.25, -0.2) is 0 Å². The van der Waals surface area contributed by atoms with Crippen LogP contribution in [0.15, 0.2) is 157 Å². The lowest BCUT2D eigenvalue weighted by Crippen LogP contribution is -1.92. The first-order valence-electron chi connectivity index (χ1n) is 20.6. The van der Waals surface area contributed by atoms with Crippen LogP contribution in [0.3, 0.4) is 0 Å². The summed E-state index contributed by atoms with van der Waals surface area (Å²) in [6.45, 7) is 0. The smallest absolute Gasteiger partial charge is 0.0622 e. The van der Waals surface area contributed by atoms with Crippen LogP contribution < -0.4 is 0 Å². The molecule has 0 heterocycles. The molecule has 0 amide bonds. The van der Waals surface area contributed by atoms with E-state index in [1.54, 1.807) is 60.7 Å². The van der Waals surface area contributed by atoms with E-state index in [1.807, 2.05) is 0 Å². The molecular formula is C40H26. The molecule has 0 aromatic heterocycles. The van der Waals surface area contributed by atoms with Crippen molar-refractivity contribution >= 4 is 43.1 Å². The molecule has 8 rings (SSSR count). The Bertz CT molecular complexity index is 3070. The van der Waals surface area contributed by atoms with Crippen LogP contribution in [0.25, 0.3) is 76.5 Å². The Balaban J connectivity index is 1.56. The molecule has 0 radical (unpaired) electrons. The van der Waals surface area contributed by atoms with Crippen molar-refractivity contribution in [3.63, 3.8) is 0 Å². The topological polar surface area (TPSA) is 0 Å². The van der Waals surface area contributed by atoms with E-state index in [2.05, 4.69) is 0 Å². The minimum absolute atomic E-state index is 0.0342. The maximum Gasteiger partial charge on any atom is 0.0636 e. The lowest BCUT2D eigenvalue weighted by atomic mass is 9.84. The van der Waals surface area contributed by atoms with Crippen LogP contribution in [-0.4, -0.2) is 0 Å². The van der Waals surface area contributed by atoms with Gasteiger partial charge in [0, 0.05) is 0 Å². The molecule has 0 nitrogen and oxygen atoms in total. The summed E-state index contributed by atoms with van der Waals surface area (Å²) in [7, 11) is 0.